The molecule has 1 amide bonds. The summed E-state index contributed by atoms with van der Waals surface area (Å²) in [7, 11) is 1.58. The smallest absolute Gasteiger partial charge is 0.244 e. The Morgan fingerprint density at radius 1 is 1.58 bits per heavy atom. The van der Waals surface area contributed by atoms with Crippen molar-refractivity contribution in [1.29, 1.82) is 0 Å². The van der Waals surface area contributed by atoms with E-state index in [9.17, 15) is 4.79 Å². The van der Waals surface area contributed by atoms with Crippen molar-refractivity contribution in [3.8, 4) is 0 Å². The molecule has 1 aliphatic rings. The second kappa shape index (κ2) is 5.67. The van der Waals surface area contributed by atoms with Crippen LogP contribution in [0, 0.1) is 0 Å². The highest BCUT2D eigenvalue weighted by atomic mass is 16.5. The number of hydrazine groups is 1. The van der Waals surface area contributed by atoms with Crippen molar-refractivity contribution in [3.05, 3.63) is 6.07 Å². The Labute approximate surface area is 110 Å². The van der Waals surface area contributed by atoms with Crippen LogP contribution in [-0.2, 0) is 9.53 Å². The number of likely N-dealkylation sites (N-methyl/N-ethyl adjacent to an activating group) is 1. The molecule has 1 aromatic heterocycles. The summed E-state index contributed by atoms with van der Waals surface area (Å²) in [6, 6.07) is 1.19. The molecule has 1 aromatic rings. The Hall–Kier alpha value is -2.13. The third-order valence-electron chi connectivity index (χ3n) is 2.85. The van der Waals surface area contributed by atoms with Crippen molar-refractivity contribution in [2.75, 3.05) is 42.9 Å². The average molecular weight is 267 g/mol. The number of rotatable bonds is 3. The lowest BCUT2D eigenvalue weighted by Crippen LogP contribution is -2.53. The van der Waals surface area contributed by atoms with Crippen LogP contribution in [0.15, 0.2) is 6.07 Å². The molecule has 104 valence electrons. The number of nitrogens with two attached hydrogens (primary N) is 2. The molecule has 9 heteroatoms. The minimum Gasteiger partial charge on any atom is -0.377 e. The van der Waals surface area contributed by atoms with Gasteiger partial charge >= 0.3 is 0 Å². The summed E-state index contributed by atoms with van der Waals surface area (Å²) < 4.78 is 5.33. The monoisotopic (exact) mass is 267 g/mol. The van der Waals surface area contributed by atoms with Crippen molar-refractivity contribution < 1.29 is 9.53 Å². The van der Waals surface area contributed by atoms with E-state index in [0.29, 0.717) is 31.4 Å². The van der Waals surface area contributed by atoms with Crippen LogP contribution in [0.1, 0.15) is 0 Å². The molecule has 2 heterocycles. The molecule has 19 heavy (non-hydrogen) atoms. The molecule has 6 N–H and O–H groups in total. The topological polar surface area (TPSA) is 131 Å². The van der Waals surface area contributed by atoms with Gasteiger partial charge in [0.15, 0.2) is 0 Å². The zero-order valence-electron chi connectivity index (χ0n) is 10.6. The molecular formula is C10H17N7O2. The maximum atomic E-state index is 11.8. The molecule has 0 radical (unpaired) electrons. The van der Waals surface area contributed by atoms with Gasteiger partial charge in [-0.3, -0.25) is 4.79 Å². The molecule has 1 saturated heterocycles. The summed E-state index contributed by atoms with van der Waals surface area (Å²) in [5.41, 5.74) is 8.04. The van der Waals surface area contributed by atoms with Gasteiger partial charge in [-0.1, -0.05) is 0 Å². The molecule has 9 nitrogen and oxygen atoms in total. The summed E-state index contributed by atoms with van der Waals surface area (Å²) >= 11 is 0. The molecule has 2 rings (SSSR count). The van der Waals surface area contributed by atoms with Crippen LogP contribution in [0.2, 0.25) is 0 Å². The highest BCUT2D eigenvalue weighted by Gasteiger charge is 2.30. The van der Waals surface area contributed by atoms with Crippen LogP contribution in [0.5, 0.6) is 0 Å². The molecular weight excluding hydrogens is 250 g/mol. The predicted octanol–water partition coefficient (Wildman–Crippen LogP) is -1.70. The fourth-order valence-corrected chi connectivity index (χ4v) is 1.94. The summed E-state index contributed by atoms with van der Waals surface area (Å²) in [5.74, 6) is 6.20. The molecule has 1 fully saturated rings. The highest BCUT2D eigenvalue weighted by Crippen LogP contribution is 2.21. The van der Waals surface area contributed by atoms with Crippen molar-refractivity contribution >= 4 is 23.5 Å². The van der Waals surface area contributed by atoms with E-state index in [1.165, 1.54) is 0 Å². The van der Waals surface area contributed by atoms with E-state index in [4.69, 9.17) is 16.3 Å². The van der Waals surface area contributed by atoms with Crippen LogP contribution in [0.4, 0.5) is 17.6 Å². The van der Waals surface area contributed by atoms with E-state index in [-0.39, 0.29) is 11.9 Å². The molecule has 0 aliphatic carbocycles. The second-order valence-electron chi connectivity index (χ2n) is 4.01. The fourth-order valence-electron chi connectivity index (χ4n) is 1.94. The van der Waals surface area contributed by atoms with E-state index in [1.54, 1.807) is 13.1 Å². The number of ether oxygens (including phenoxy) is 1. The number of hydrogen-bond donors (Lipinski definition) is 4. The van der Waals surface area contributed by atoms with Gasteiger partial charge in [0.2, 0.25) is 11.9 Å². The normalized spacial score (nSPS) is 19.1. The highest BCUT2D eigenvalue weighted by molar-refractivity contribution is 5.85. The van der Waals surface area contributed by atoms with Gasteiger partial charge in [-0.25, -0.2) is 5.84 Å². The van der Waals surface area contributed by atoms with Gasteiger partial charge in [-0.15, -0.1) is 0 Å². The summed E-state index contributed by atoms with van der Waals surface area (Å²) in [6.45, 7) is 1.36. The molecule has 0 spiro atoms. The summed E-state index contributed by atoms with van der Waals surface area (Å²) in [4.78, 5) is 21.7. The first-order chi connectivity index (χ1) is 9.15. The maximum absolute atomic E-state index is 11.8. The number of carbonyl (C=O) groups is 1. The van der Waals surface area contributed by atoms with Crippen molar-refractivity contribution in [2.24, 2.45) is 5.84 Å². The molecule has 1 atom stereocenters. The number of nitrogen functional groups attached to an aromatic ring is 2. The largest absolute Gasteiger partial charge is 0.377 e. The number of amides is 1. The van der Waals surface area contributed by atoms with E-state index >= 15 is 0 Å². The fraction of sp³-hybridized carbons (Fsp3) is 0.500. The molecule has 0 aromatic carbocycles. The van der Waals surface area contributed by atoms with Crippen LogP contribution in [-0.4, -0.2) is 48.7 Å². The van der Waals surface area contributed by atoms with Gasteiger partial charge in [0.05, 0.1) is 13.2 Å². The minimum absolute atomic E-state index is 0.0904. The van der Waals surface area contributed by atoms with Crippen molar-refractivity contribution in [2.45, 2.75) is 6.04 Å². The van der Waals surface area contributed by atoms with Crippen molar-refractivity contribution in [1.82, 2.24) is 15.3 Å². The first kappa shape index (κ1) is 13.3. The number of nitrogens with one attached hydrogen (secondary N) is 2. The van der Waals surface area contributed by atoms with E-state index in [1.807, 2.05) is 4.90 Å². The van der Waals surface area contributed by atoms with Crippen LogP contribution in [0.25, 0.3) is 0 Å². The zero-order chi connectivity index (χ0) is 13.8. The minimum atomic E-state index is -0.446. The Bertz CT molecular complexity index is 467. The van der Waals surface area contributed by atoms with Gasteiger partial charge in [-0.05, 0) is 0 Å². The average Bonchev–Trinajstić information content (AvgIpc) is 2.45. The Morgan fingerprint density at radius 3 is 3.05 bits per heavy atom. The van der Waals surface area contributed by atoms with Gasteiger partial charge in [0, 0.05) is 19.7 Å². The molecule has 0 bridgehead atoms. The Morgan fingerprint density at radius 2 is 2.37 bits per heavy atom. The van der Waals surface area contributed by atoms with Crippen LogP contribution < -0.4 is 27.2 Å². The lowest BCUT2D eigenvalue weighted by atomic mass is 10.2. The third-order valence-corrected chi connectivity index (χ3v) is 2.85. The van der Waals surface area contributed by atoms with Crippen LogP contribution >= 0.6 is 0 Å². The number of nitrogens with zero attached hydrogens (tertiary/aromatic N) is 3. The first-order valence-corrected chi connectivity index (χ1v) is 5.83. The van der Waals surface area contributed by atoms with E-state index in [2.05, 4.69) is 20.7 Å². The van der Waals surface area contributed by atoms with E-state index < -0.39 is 6.04 Å². The molecule has 1 aliphatic heterocycles. The van der Waals surface area contributed by atoms with Gasteiger partial charge in [0.25, 0.3) is 0 Å². The number of anilines is 3. The molecule has 1 unspecified atom stereocenters. The Kier molecular flexibility index (Phi) is 3.97. The summed E-state index contributed by atoms with van der Waals surface area (Å²) in [6.07, 6.45) is 0. The number of carbonyl (C=O) groups excluding carboxylic acids is 1. The predicted molar refractivity (Wildman–Crippen MR) is 70.3 cm³/mol. The second-order valence-corrected chi connectivity index (χ2v) is 4.01. The quantitative estimate of drug-likeness (QED) is 0.376. The first-order valence-electron chi connectivity index (χ1n) is 5.83. The standard InChI is InChI=1S/C10H17N7O2/c1-13-9(18)6-5-19-3-2-17(6)8-4-7(16-12)14-10(11)15-8/h4,6H,2-3,5,12H2,1H3,(H,13,18)(H3,11,14,15,16). The van der Waals surface area contributed by atoms with E-state index in [0.717, 1.165) is 0 Å². The van der Waals surface area contributed by atoms with Crippen molar-refractivity contribution in [3.63, 3.8) is 0 Å². The SMILES string of the molecule is CNC(=O)C1COCCN1c1cc(NN)nc(N)n1. The maximum Gasteiger partial charge on any atom is 0.244 e. The van der Waals surface area contributed by atoms with Crippen LogP contribution in [0.3, 0.4) is 0 Å². The zero-order valence-corrected chi connectivity index (χ0v) is 10.6. The molecule has 0 saturated carbocycles. The number of morpholine rings is 1. The Balaban J connectivity index is 2.31. The number of aromatic nitrogens is 2. The summed E-state index contributed by atoms with van der Waals surface area (Å²) in [5, 5.41) is 2.60. The van der Waals surface area contributed by atoms with Gasteiger partial charge in [0.1, 0.15) is 17.7 Å². The van der Waals surface area contributed by atoms with Gasteiger partial charge < -0.3 is 26.1 Å². The van der Waals surface area contributed by atoms with Gasteiger partial charge in [-0.2, -0.15) is 9.97 Å². The lowest BCUT2D eigenvalue weighted by molar-refractivity contribution is -0.124. The number of hydrogen-bond acceptors (Lipinski definition) is 8. The lowest BCUT2D eigenvalue weighted by Gasteiger charge is -2.35. The third kappa shape index (κ3) is 2.83.